The van der Waals surface area contributed by atoms with Crippen molar-refractivity contribution in [1.82, 2.24) is 0 Å². The van der Waals surface area contributed by atoms with Gasteiger partial charge in [-0.1, -0.05) is 13.8 Å². The van der Waals surface area contributed by atoms with Crippen molar-refractivity contribution < 1.29 is 9.53 Å². The lowest BCUT2D eigenvalue weighted by molar-refractivity contribution is 0.245. The first-order chi connectivity index (χ1) is 9.04. The molecule has 0 saturated heterocycles. The first kappa shape index (κ1) is 14.3. The van der Waals surface area contributed by atoms with E-state index in [2.05, 4.69) is 46.9 Å². The molecule has 0 spiro atoms. The molecular weight excluding hydrogens is 306 g/mol. The van der Waals surface area contributed by atoms with Crippen molar-refractivity contribution in [3.63, 3.8) is 0 Å². The molecule has 1 aliphatic rings. The Labute approximate surface area is 122 Å². The highest BCUT2D eigenvalue weighted by atomic mass is 79.9. The molecular formula is C15H18BrNO2. The highest BCUT2D eigenvalue weighted by Crippen LogP contribution is 2.50. The van der Waals surface area contributed by atoms with Crippen LogP contribution in [-0.4, -0.2) is 13.2 Å². The molecule has 1 aromatic carbocycles. The van der Waals surface area contributed by atoms with Crippen LogP contribution in [-0.2, 0) is 10.3 Å². The molecule has 0 amide bonds. The highest BCUT2D eigenvalue weighted by molar-refractivity contribution is 9.10. The molecule has 1 aromatic rings. The Balaban J connectivity index is 2.62. The Hall–Kier alpha value is -1.12. The van der Waals surface area contributed by atoms with Gasteiger partial charge in [-0.05, 0) is 58.8 Å². The summed E-state index contributed by atoms with van der Waals surface area (Å²) >= 11 is 3.56. The molecule has 0 bridgehead atoms. The summed E-state index contributed by atoms with van der Waals surface area (Å²) in [5.74, 6) is 1.20. The normalized spacial score (nSPS) is 16.7. The Kier molecular flexibility index (Phi) is 4.12. The van der Waals surface area contributed by atoms with Gasteiger partial charge in [-0.3, -0.25) is 0 Å². The zero-order chi connectivity index (χ0) is 14.0. The summed E-state index contributed by atoms with van der Waals surface area (Å²) in [6, 6.07) is 4.19. The molecule has 1 fully saturated rings. The third-order valence-electron chi connectivity index (χ3n) is 3.88. The highest BCUT2D eigenvalue weighted by Gasteiger charge is 2.41. The standard InChI is InChI=1S/C15H18BrNO2/c1-10(2)11-7-12(14(19-3)13(16)8-11)15(17-9-18)5-4-6-15/h7-8,10H,4-6H2,1-3H3. The summed E-state index contributed by atoms with van der Waals surface area (Å²) < 4.78 is 6.42. The minimum atomic E-state index is -0.430. The second-order valence-corrected chi connectivity index (χ2v) is 6.18. The number of hydrogen-bond donors (Lipinski definition) is 0. The predicted octanol–water partition coefficient (Wildman–Crippen LogP) is 4.30. The van der Waals surface area contributed by atoms with Crippen molar-refractivity contribution in [2.24, 2.45) is 4.99 Å². The van der Waals surface area contributed by atoms with Crippen LogP contribution in [0.1, 0.15) is 50.2 Å². The van der Waals surface area contributed by atoms with Gasteiger partial charge in [-0.15, -0.1) is 0 Å². The summed E-state index contributed by atoms with van der Waals surface area (Å²) in [5.41, 5.74) is 1.79. The first-order valence-electron chi connectivity index (χ1n) is 6.51. The maximum absolute atomic E-state index is 10.7. The third-order valence-corrected chi connectivity index (χ3v) is 4.47. The number of halogens is 1. The van der Waals surface area contributed by atoms with E-state index in [1.54, 1.807) is 13.2 Å². The van der Waals surface area contributed by atoms with Crippen LogP contribution in [0.15, 0.2) is 21.6 Å². The Bertz CT molecular complexity index is 529. The predicted molar refractivity (Wildman–Crippen MR) is 78.4 cm³/mol. The number of hydrogen-bond acceptors (Lipinski definition) is 3. The quantitative estimate of drug-likeness (QED) is 0.612. The van der Waals surface area contributed by atoms with Crippen molar-refractivity contribution in [2.75, 3.05) is 7.11 Å². The average Bonchev–Trinajstić information content (AvgIpc) is 2.32. The summed E-state index contributed by atoms with van der Waals surface area (Å²) in [6.07, 6.45) is 4.58. The summed E-state index contributed by atoms with van der Waals surface area (Å²) in [4.78, 5) is 14.8. The molecule has 0 radical (unpaired) electrons. The van der Waals surface area contributed by atoms with Gasteiger partial charge in [0.15, 0.2) is 0 Å². The van der Waals surface area contributed by atoms with Crippen molar-refractivity contribution >= 4 is 22.0 Å². The van der Waals surface area contributed by atoms with E-state index in [9.17, 15) is 4.79 Å². The fourth-order valence-corrected chi connectivity index (χ4v) is 3.18. The Morgan fingerprint density at radius 2 is 2.11 bits per heavy atom. The second-order valence-electron chi connectivity index (χ2n) is 5.33. The number of benzene rings is 1. The smallest absolute Gasteiger partial charge is 0.235 e. The number of isocyanates is 1. The van der Waals surface area contributed by atoms with Crippen LogP contribution in [0, 0.1) is 0 Å². The minimum absolute atomic E-state index is 0.415. The van der Waals surface area contributed by atoms with E-state index in [0.717, 1.165) is 35.0 Å². The van der Waals surface area contributed by atoms with E-state index in [-0.39, 0.29) is 0 Å². The maximum Gasteiger partial charge on any atom is 0.235 e. The maximum atomic E-state index is 10.7. The van der Waals surface area contributed by atoms with Gasteiger partial charge in [0, 0.05) is 5.56 Å². The lowest BCUT2D eigenvalue weighted by Gasteiger charge is -2.38. The van der Waals surface area contributed by atoms with Crippen LogP contribution in [0.5, 0.6) is 5.75 Å². The zero-order valence-corrected chi connectivity index (χ0v) is 13.1. The topological polar surface area (TPSA) is 38.7 Å². The van der Waals surface area contributed by atoms with E-state index < -0.39 is 5.54 Å². The van der Waals surface area contributed by atoms with Gasteiger partial charge < -0.3 is 4.74 Å². The van der Waals surface area contributed by atoms with Gasteiger partial charge >= 0.3 is 0 Å². The van der Waals surface area contributed by atoms with Gasteiger partial charge in [0.05, 0.1) is 11.6 Å². The zero-order valence-electron chi connectivity index (χ0n) is 11.5. The number of aliphatic imine (C=N–C) groups is 1. The van der Waals surface area contributed by atoms with Crippen LogP contribution in [0.2, 0.25) is 0 Å². The number of ether oxygens (including phenoxy) is 1. The summed E-state index contributed by atoms with van der Waals surface area (Å²) in [5, 5.41) is 0. The number of rotatable bonds is 4. The fraction of sp³-hybridized carbons (Fsp3) is 0.533. The first-order valence-corrected chi connectivity index (χ1v) is 7.30. The molecule has 0 heterocycles. The number of nitrogens with zero attached hydrogens (tertiary/aromatic N) is 1. The van der Waals surface area contributed by atoms with Crippen LogP contribution < -0.4 is 4.74 Å². The molecule has 1 saturated carbocycles. The number of methoxy groups -OCH3 is 1. The van der Waals surface area contributed by atoms with Gasteiger partial charge in [0.1, 0.15) is 11.3 Å². The molecule has 3 nitrogen and oxygen atoms in total. The van der Waals surface area contributed by atoms with Gasteiger partial charge in [0.25, 0.3) is 0 Å². The summed E-state index contributed by atoms with van der Waals surface area (Å²) in [7, 11) is 1.65. The fourth-order valence-electron chi connectivity index (χ4n) is 2.54. The Morgan fingerprint density at radius 3 is 2.53 bits per heavy atom. The average molecular weight is 324 g/mol. The minimum Gasteiger partial charge on any atom is -0.495 e. The molecule has 19 heavy (non-hydrogen) atoms. The van der Waals surface area contributed by atoms with Crippen LogP contribution >= 0.6 is 15.9 Å². The molecule has 2 rings (SSSR count). The number of carbonyl (C=O) groups excluding carboxylic acids is 1. The van der Waals surface area contributed by atoms with E-state index in [1.807, 2.05) is 0 Å². The van der Waals surface area contributed by atoms with Gasteiger partial charge in [-0.2, -0.15) is 4.99 Å². The van der Waals surface area contributed by atoms with Crippen molar-refractivity contribution in [3.8, 4) is 5.75 Å². The van der Waals surface area contributed by atoms with E-state index in [0.29, 0.717) is 5.92 Å². The molecule has 0 unspecified atom stereocenters. The van der Waals surface area contributed by atoms with Crippen LogP contribution in [0.25, 0.3) is 0 Å². The lowest BCUT2D eigenvalue weighted by Crippen LogP contribution is -2.32. The second kappa shape index (κ2) is 5.48. The molecule has 1 aliphatic carbocycles. The van der Waals surface area contributed by atoms with Crippen LogP contribution in [0.3, 0.4) is 0 Å². The van der Waals surface area contributed by atoms with Crippen molar-refractivity contribution in [2.45, 2.75) is 44.6 Å². The third kappa shape index (κ3) is 2.47. The van der Waals surface area contributed by atoms with E-state index in [4.69, 9.17) is 4.74 Å². The molecule has 0 aromatic heterocycles. The van der Waals surface area contributed by atoms with Gasteiger partial charge in [-0.25, -0.2) is 4.79 Å². The molecule has 4 heteroatoms. The molecule has 0 N–H and O–H groups in total. The van der Waals surface area contributed by atoms with Crippen molar-refractivity contribution in [3.05, 3.63) is 27.7 Å². The van der Waals surface area contributed by atoms with E-state index in [1.165, 1.54) is 5.56 Å². The van der Waals surface area contributed by atoms with Crippen LogP contribution in [0.4, 0.5) is 0 Å². The largest absolute Gasteiger partial charge is 0.495 e. The SMILES string of the molecule is COc1c(Br)cc(C(C)C)cc1C1(N=C=O)CCC1. The summed E-state index contributed by atoms with van der Waals surface area (Å²) in [6.45, 7) is 4.29. The van der Waals surface area contributed by atoms with E-state index >= 15 is 0 Å². The monoisotopic (exact) mass is 323 g/mol. The Morgan fingerprint density at radius 1 is 1.42 bits per heavy atom. The molecule has 0 aliphatic heterocycles. The molecule has 0 atom stereocenters. The molecule has 102 valence electrons. The van der Waals surface area contributed by atoms with Crippen molar-refractivity contribution in [1.29, 1.82) is 0 Å². The lowest BCUT2D eigenvalue weighted by atomic mass is 9.71. The van der Waals surface area contributed by atoms with Gasteiger partial charge in [0.2, 0.25) is 6.08 Å².